The summed E-state index contributed by atoms with van der Waals surface area (Å²) in [5.41, 5.74) is 2.70. The van der Waals surface area contributed by atoms with Crippen molar-refractivity contribution in [2.45, 2.75) is 26.3 Å². The maximum Gasteiger partial charge on any atom is 0.227 e. The lowest BCUT2D eigenvalue weighted by molar-refractivity contribution is -0.131. The summed E-state index contributed by atoms with van der Waals surface area (Å²) in [7, 11) is 1.76. The molecule has 0 bridgehead atoms. The van der Waals surface area contributed by atoms with Crippen molar-refractivity contribution in [3.63, 3.8) is 0 Å². The van der Waals surface area contributed by atoms with Gasteiger partial charge in [0, 0.05) is 7.05 Å². The molecule has 0 saturated heterocycles. The van der Waals surface area contributed by atoms with Crippen molar-refractivity contribution in [2.24, 2.45) is 0 Å². The largest absolute Gasteiger partial charge is 0.339 e. The number of carbonyl (C=O) groups is 1. The lowest BCUT2D eigenvalue weighted by Gasteiger charge is -2.25. The molecule has 0 aliphatic heterocycles. The molecule has 0 radical (unpaired) electrons. The lowest BCUT2D eigenvalue weighted by atomic mass is 10.0. The van der Waals surface area contributed by atoms with Gasteiger partial charge < -0.3 is 4.90 Å². The molecular formula is C18H20FNO. The molecule has 110 valence electrons. The molecule has 2 aromatic rings. The van der Waals surface area contributed by atoms with Crippen LogP contribution in [0, 0.1) is 12.7 Å². The highest BCUT2D eigenvalue weighted by Gasteiger charge is 2.18. The number of amides is 1. The molecule has 2 nitrogen and oxygen atoms in total. The third kappa shape index (κ3) is 3.69. The van der Waals surface area contributed by atoms with E-state index in [2.05, 4.69) is 0 Å². The molecule has 0 aliphatic carbocycles. The Balaban J connectivity index is 2.08. The van der Waals surface area contributed by atoms with Crippen LogP contribution in [0.25, 0.3) is 0 Å². The average Bonchev–Trinajstić information content (AvgIpc) is 2.49. The zero-order valence-corrected chi connectivity index (χ0v) is 12.6. The Bertz CT molecular complexity index is 621. The molecule has 0 fully saturated rings. The van der Waals surface area contributed by atoms with Crippen molar-refractivity contribution >= 4 is 5.91 Å². The molecule has 3 heteroatoms. The molecule has 1 amide bonds. The first kappa shape index (κ1) is 15.2. The van der Waals surface area contributed by atoms with E-state index in [9.17, 15) is 9.18 Å². The van der Waals surface area contributed by atoms with Gasteiger partial charge in [0.2, 0.25) is 5.91 Å². The monoisotopic (exact) mass is 285 g/mol. The van der Waals surface area contributed by atoms with Gasteiger partial charge in [-0.25, -0.2) is 4.39 Å². The topological polar surface area (TPSA) is 20.3 Å². The number of likely N-dealkylation sites (N-methyl/N-ethyl adjacent to an activating group) is 1. The molecule has 2 rings (SSSR count). The van der Waals surface area contributed by atoms with E-state index >= 15 is 0 Å². The van der Waals surface area contributed by atoms with E-state index in [4.69, 9.17) is 0 Å². The van der Waals surface area contributed by atoms with Crippen molar-refractivity contribution < 1.29 is 9.18 Å². The summed E-state index contributed by atoms with van der Waals surface area (Å²) < 4.78 is 13.6. The van der Waals surface area contributed by atoms with Gasteiger partial charge in [0.05, 0.1) is 12.5 Å². The normalized spacial score (nSPS) is 12.0. The van der Waals surface area contributed by atoms with Gasteiger partial charge in [-0.05, 0) is 31.0 Å². The van der Waals surface area contributed by atoms with E-state index in [0.29, 0.717) is 5.56 Å². The van der Waals surface area contributed by atoms with Crippen LogP contribution in [0.5, 0.6) is 0 Å². The van der Waals surface area contributed by atoms with Crippen LogP contribution in [0.3, 0.4) is 0 Å². The van der Waals surface area contributed by atoms with E-state index in [-0.39, 0.29) is 24.2 Å². The van der Waals surface area contributed by atoms with Gasteiger partial charge in [-0.3, -0.25) is 4.79 Å². The summed E-state index contributed by atoms with van der Waals surface area (Å²) in [4.78, 5) is 14.0. The van der Waals surface area contributed by atoms with Crippen molar-refractivity contribution in [1.82, 2.24) is 4.90 Å². The Morgan fingerprint density at radius 3 is 2.38 bits per heavy atom. The van der Waals surface area contributed by atoms with Crippen LogP contribution in [0.15, 0.2) is 48.5 Å². The second-order valence-corrected chi connectivity index (χ2v) is 5.36. The number of aryl methyl sites for hydroxylation is 1. The average molecular weight is 285 g/mol. The summed E-state index contributed by atoms with van der Waals surface area (Å²) in [6.45, 7) is 4.01. The molecule has 0 aliphatic rings. The van der Waals surface area contributed by atoms with E-state index < -0.39 is 0 Å². The van der Waals surface area contributed by atoms with Crippen LogP contribution in [0.1, 0.15) is 29.7 Å². The van der Waals surface area contributed by atoms with Gasteiger partial charge in [0.15, 0.2) is 0 Å². The van der Waals surface area contributed by atoms with Crippen LogP contribution in [-0.2, 0) is 11.2 Å². The van der Waals surface area contributed by atoms with Crippen molar-refractivity contribution in [2.75, 3.05) is 7.05 Å². The van der Waals surface area contributed by atoms with Crippen LogP contribution in [-0.4, -0.2) is 17.9 Å². The number of hydrogen-bond donors (Lipinski definition) is 0. The first-order chi connectivity index (χ1) is 9.99. The molecule has 21 heavy (non-hydrogen) atoms. The number of nitrogens with zero attached hydrogens (tertiary/aromatic N) is 1. The second kappa shape index (κ2) is 6.53. The highest BCUT2D eigenvalue weighted by atomic mass is 19.1. The fourth-order valence-electron chi connectivity index (χ4n) is 2.21. The third-order valence-corrected chi connectivity index (χ3v) is 3.83. The number of benzene rings is 2. The SMILES string of the molecule is Cc1ccc(C(C)N(C)C(=O)Cc2ccccc2F)cc1. The Labute approximate surface area is 125 Å². The molecule has 0 N–H and O–H groups in total. The van der Waals surface area contributed by atoms with Gasteiger partial charge in [-0.2, -0.15) is 0 Å². The van der Waals surface area contributed by atoms with Gasteiger partial charge in [-0.1, -0.05) is 48.0 Å². The van der Waals surface area contributed by atoms with Crippen molar-refractivity contribution in [3.05, 3.63) is 71.0 Å². The summed E-state index contributed by atoms with van der Waals surface area (Å²) in [5, 5.41) is 0. The predicted molar refractivity (Wildman–Crippen MR) is 82.5 cm³/mol. The molecular weight excluding hydrogens is 265 g/mol. The maximum absolute atomic E-state index is 13.6. The number of hydrogen-bond acceptors (Lipinski definition) is 1. The van der Waals surface area contributed by atoms with Crippen LogP contribution in [0.2, 0.25) is 0 Å². The van der Waals surface area contributed by atoms with Gasteiger partial charge >= 0.3 is 0 Å². The van der Waals surface area contributed by atoms with E-state index in [0.717, 1.165) is 5.56 Å². The van der Waals surface area contributed by atoms with Crippen molar-refractivity contribution in [1.29, 1.82) is 0 Å². The number of rotatable bonds is 4. The first-order valence-corrected chi connectivity index (χ1v) is 7.04. The van der Waals surface area contributed by atoms with E-state index in [1.165, 1.54) is 11.6 Å². The number of carbonyl (C=O) groups excluding carboxylic acids is 1. The maximum atomic E-state index is 13.6. The molecule has 0 aromatic heterocycles. The Kier molecular flexibility index (Phi) is 4.73. The van der Waals surface area contributed by atoms with Gasteiger partial charge in [0.25, 0.3) is 0 Å². The van der Waals surface area contributed by atoms with Gasteiger partial charge in [0.1, 0.15) is 5.82 Å². The Morgan fingerprint density at radius 2 is 1.76 bits per heavy atom. The van der Waals surface area contributed by atoms with E-state index in [1.807, 2.05) is 38.1 Å². The van der Waals surface area contributed by atoms with Crippen LogP contribution >= 0.6 is 0 Å². The smallest absolute Gasteiger partial charge is 0.227 e. The fraction of sp³-hybridized carbons (Fsp3) is 0.278. The minimum absolute atomic E-state index is 0.0372. The minimum atomic E-state index is -0.331. The lowest BCUT2D eigenvalue weighted by Crippen LogP contribution is -2.31. The predicted octanol–water partition coefficient (Wildman–Crippen LogP) is 3.90. The quantitative estimate of drug-likeness (QED) is 0.834. The zero-order chi connectivity index (χ0) is 15.4. The molecule has 2 aromatic carbocycles. The molecule has 0 heterocycles. The summed E-state index contributed by atoms with van der Waals surface area (Å²) in [6, 6.07) is 14.5. The number of halogens is 1. The van der Waals surface area contributed by atoms with Crippen molar-refractivity contribution in [3.8, 4) is 0 Å². The molecule has 1 unspecified atom stereocenters. The zero-order valence-electron chi connectivity index (χ0n) is 12.6. The molecule has 0 saturated carbocycles. The summed E-state index contributed by atoms with van der Waals surface area (Å²) >= 11 is 0. The fourth-order valence-corrected chi connectivity index (χ4v) is 2.21. The summed E-state index contributed by atoms with van der Waals surface area (Å²) in [5.74, 6) is -0.421. The van der Waals surface area contributed by atoms with E-state index in [1.54, 1.807) is 30.1 Å². The highest BCUT2D eigenvalue weighted by molar-refractivity contribution is 5.79. The first-order valence-electron chi connectivity index (χ1n) is 7.04. The molecule has 1 atom stereocenters. The standard InChI is InChI=1S/C18H20FNO/c1-13-8-10-15(11-9-13)14(2)20(3)18(21)12-16-6-4-5-7-17(16)19/h4-11,14H,12H2,1-3H3. The minimum Gasteiger partial charge on any atom is -0.339 e. The highest BCUT2D eigenvalue weighted by Crippen LogP contribution is 2.20. The summed E-state index contributed by atoms with van der Waals surface area (Å²) in [6.07, 6.45) is 0.0827. The van der Waals surface area contributed by atoms with Crippen LogP contribution in [0.4, 0.5) is 4.39 Å². The third-order valence-electron chi connectivity index (χ3n) is 3.83. The Hall–Kier alpha value is -2.16. The second-order valence-electron chi connectivity index (χ2n) is 5.36. The Morgan fingerprint density at radius 1 is 1.14 bits per heavy atom. The van der Waals surface area contributed by atoms with Gasteiger partial charge in [-0.15, -0.1) is 0 Å². The van der Waals surface area contributed by atoms with Crippen LogP contribution < -0.4 is 0 Å². The molecule has 0 spiro atoms.